The van der Waals surface area contributed by atoms with E-state index in [9.17, 15) is 4.79 Å². The number of methoxy groups -OCH3 is 1. The number of rotatable bonds is 9. The number of hydrazone groups is 1. The minimum absolute atomic E-state index is 0.0800. The molecule has 0 spiro atoms. The van der Waals surface area contributed by atoms with E-state index in [2.05, 4.69) is 28.1 Å². The van der Waals surface area contributed by atoms with Gasteiger partial charge in [-0.25, -0.2) is 0 Å². The first-order valence-corrected chi connectivity index (χ1v) is 8.69. The van der Waals surface area contributed by atoms with Crippen molar-refractivity contribution in [2.75, 3.05) is 20.3 Å². The number of thiocarbonyl (C=S) groups is 1. The zero-order chi connectivity index (χ0) is 19.5. The Bertz CT molecular complexity index is 797. The smallest absolute Gasteiger partial charge is 0.257 e. The zero-order valence-corrected chi connectivity index (χ0v) is 15.8. The second-order valence-corrected chi connectivity index (χ2v) is 5.96. The zero-order valence-electron chi connectivity index (χ0n) is 15.0. The molecule has 0 saturated carbocycles. The van der Waals surface area contributed by atoms with Gasteiger partial charge in [-0.1, -0.05) is 30.3 Å². The van der Waals surface area contributed by atoms with Crippen LogP contribution in [-0.2, 0) is 11.2 Å². The Hall–Kier alpha value is -3.13. The van der Waals surface area contributed by atoms with E-state index in [1.165, 1.54) is 12.7 Å². The number of ether oxygens (including phenoxy) is 2. The number of nitrogens with one attached hydrogen (secondary N) is 2. The summed E-state index contributed by atoms with van der Waals surface area (Å²) in [6.07, 6.45) is 2.31. The van der Waals surface area contributed by atoms with Gasteiger partial charge in [-0.2, -0.15) is 5.10 Å². The summed E-state index contributed by atoms with van der Waals surface area (Å²) in [4.78, 5) is 11.9. The Morgan fingerprint density at radius 3 is 2.70 bits per heavy atom. The number of carbonyl (C=O) groups excluding carboxylic acids is 1. The van der Waals surface area contributed by atoms with Gasteiger partial charge in [-0.15, -0.1) is 0 Å². The normalized spacial score (nSPS) is 10.4. The third kappa shape index (κ3) is 7.33. The van der Waals surface area contributed by atoms with Crippen molar-refractivity contribution in [3.63, 3.8) is 0 Å². The van der Waals surface area contributed by atoms with Crippen molar-refractivity contribution >= 4 is 29.5 Å². The van der Waals surface area contributed by atoms with Gasteiger partial charge >= 0.3 is 0 Å². The van der Waals surface area contributed by atoms with E-state index >= 15 is 0 Å². The number of nitrogens with zero attached hydrogens (tertiary/aromatic N) is 1. The second kappa shape index (κ2) is 10.8. The summed E-state index contributed by atoms with van der Waals surface area (Å²) in [6.45, 7) is 0.455. The highest BCUT2D eigenvalue weighted by molar-refractivity contribution is 7.80. The van der Waals surface area contributed by atoms with Gasteiger partial charge in [0.05, 0.1) is 13.3 Å². The molecule has 8 heteroatoms. The van der Waals surface area contributed by atoms with Crippen molar-refractivity contribution in [3.05, 3.63) is 59.7 Å². The third-order valence-electron chi connectivity index (χ3n) is 3.51. The molecule has 1 amide bonds. The van der Waals surface area contributed by atoms with Gasteiger partial charge in [0.15, 0.2) is 23.2 Å². The Kier molecular flexibility index (Phi) is 8.05. The van der Waals surface area contributed by atoms with Crippen LogP contribution in [0.3, 0.4) is 0 Å². The van der Waals surface area contributed by atoms with Crippen molar-refractivity contribution in [1.82, 2.24) is 10.7 Å². The molecular weight excluding hydrogens is 364 g/mol. The topological polar surface area (TPSA) is 98.0 Å². The predicted octanol–water partition coefficient (Wildman–Crippen LogP) is 1.60. The molecule has 2 aromatic rings. The van der Waals surface area contributed by atoms with Gasteiger partial charge in [0.2, 0.25) is 0 Å². The van der Waals surface area contributed by atoms with Gasteiger partial charge < -0.3 is 20.5 Å². The SMILES string of the molecule is COc1cc(C=NNC(N)=S)ccc1OCC(=O)NCCc1ccccc1. The molecule has 0 radical (unpaired) electrons. The van der Waals surface area contributed by atoms with E-state index in [1.807, 2.05) is 30.3 Å². The largest absolute Gasteiger partial charge is 0.493 e. The molecule has 2 rings (SSSR count). The summed E-state index contributed by atoms with van der Waals surface area (Å²) in [7, 11) is 1.52. The lowest BCUT2D eigenvalue weighted by Crippen LogP contribution is -2.30. The van der Waals surface area contributed by atoms with Crippen LogP contribution in [0.1, 0.15) is 11.1 Å². The van der Waals surface area contributed by atoms with Crippen molar-refractivity contribution < 1.29 is 14.3 Å². The molecule has 0 unspecified atom stereocenters. The molecule has 0 atom stereocenters. The molecule has 7 nitrogen and oxygen atoms in total. The van der Waals surface area contributed by atoms with Gasteiger partial charge in [-0.05, 0) is 48.0 Å². The van der Waals surface area contributed by atoms with E-state index in [-0.39, 0.29) is 17.6 Å². The second-order valence-electron chi connectivity index (χ2n) is 5.52. The highest BCUT2D eigenvalue weighted by Crippen LogP contribution is 2.27. The Labute approximate surface area is 163 Å². The molecule has 0 aromatic heterocycles. The summed E-state index contributed by atoms with van der Waals surface area (Å²) in [6, 6.07) is 15.2. The maximum atomic E-state index is 11.9. The first-order chi connectivity index (χ1) is 13.1. The fourth-order valence-electron chi connectivity index (χ4n) is 2.24. The summed E-state index contributed by atoms with van der Waals surface area (Å²) >= 11 is 4.67. The molecule has 2 aromatic carbocycles. The number of benzene rings is 2. The first kappa shape index (κ1) is 20.2. The van der Waals surface area contributed by atoms with E-state index in [4.69, 9.17) is 15.2 Å². The lowest BCUT2D eigenvalue weighted by molar-refractivity contribution is -0.123. The van der Waals surface area contributed by atoms with Crippen LogP contribution in [0.25, 0.3) is 0 Å². The minimum atomic E-state index is -0.195. The van der Waals surface area contributed by atoms with Gasteiger partial charge in [0.25, 0.3) is 5.91 Å². The summed E-state index contributed by atoms with van der Waals surface area (Å²) in [5.74, 6) is 0.765. The molecular formula is C19H22N4O3S. The predicted molar refractivity (Wildman–Crippen MR) is 109 cm³/mol. The summed E-state index contributed by atoms with van der Waals surface area (Å²) in [5, 5.41) is 6.79. The van der Waals surface area contributed by atoms with Crippen molar-refractivity contribution in [3.8, 4) is 11.5 Å². The highest BCUT2D eigenvalue weighted by Gasteiger charge is 2.08. The molecule has 0 aliphatic carbocycles. The summed E-state index contributed by atoms with van der Waals surface area (Å²) < 4.78 is 10.8. The quantitative estimate of drug-likeness (QED) is 0.344. The Morgan fingerprint density at radius 2 is 2.00 bits per heavy atom. The lowest BCUT2D eigenvalue weighted by atomic mass is 10.1. The molecule has 0 aliphatic rings. The monoisotopic (exact) mass is 386 g/mol. The van der Waals surface area contributed by atoms with Gasteiger partial charge in [-0.3, -0.25) is 10.2 Å². The van der Waals surface area contributed by atoms with Crippen molar-refractivity contribution in [1.29, 1.82) is 0 Å². The minimum Gasteiger partial charge on any atom is -0.493 e. The molecule has 4 N–H and O–H groups in total. The standard InChI is InChI=1S/C19H22N4O3S/c1-25-17-11-15(12-22-23-19(20)27)7-8-16(17)26-13-18(24)21-10-9-14-5-3-2-4-6-14/h2-8,11-12H,9-10,13H2,1H3,(H,21,24)(H3,20,23,27). The van der Waals surface area contributed by atoms with Crippen LogP contribution in [0.5, 0.6) is 11.5 Å². The van der Waals surface area contributed by atoms with E-state index in [1.54, 1.807) is 24.4 Å². The van der Waals surface area contributed by atoms with Crippen LogP contribution in [0.2, 0.25) is 0 Å². The van der Waals surface area contributed by atoms with Crippen LogP contribution in [-0.4, -0.2) is 37.5 Å². The average molecular weight is 386 g/mol. The van der Waals surface area contributed by atoms with E-state index in [0.717, 1.165) is 12.0 Å². The fourth-order valence-corrected chi connectivity index (χ4v) is 2.29. The highest BCUT2D eigenvalue weighted by atomic mass is 32.1. The number of amides is 1. The molecule has 142 valence electrons. The number of hydrogen-bond donors (Lipinski definition) is 3. The van der Waals surface area contributed by atoms with Crippen LogP contribution in [0, 0.1) is 0 Å². The third-order valence-corrected chi connectivity index (χ3v) is 3.60. The molecule has 0 aliphatic heterocycles. The number of carbonyl (C=O) groups is 1. The van der Waals surface area contributed by atoms with Gasteiger partial charge in [0.1, 0.15) is 0 Å². The first-order valence-electron chi connectivity index (χ1n) is 8.28. The van der Waals surface area contributed by atoms with Crippen molar-refractivity contribution in [2.24, 2.45) is 10.8 Å². The van der Waals surface area contributed by atoms with Crippen molar-refractivity contribution in [2.45, 2.75) is 6.42 Å². The molecule has 0 bridgehead atoms. The van der Waals surface area contributed by atoms with E-state index in [0.29, 0.717) is 18.0 Å². The van der Waals surface area contributed by atoms with Crippen LogP contribution in [0.4, 0.5) is 0 Å². The van der Waals surface area contributed by atoms with Crippen LogP contribution in [0.15, 0.2) is 53.6 Å². The van der Waals surface area contributed by atoms with Crippen LogP contribution < -0.4 is 25.9 Å². The molecule has 0 heterocycles. The molecule has 0 saturated heterocycles. The van der Waals surface area contributed by atoms with Crippen LogP contribution >= 0.6 is 12.2 Å². The van der Waals surface area contributed by atoms with E-state index < -0.39 is 0 Å². The molecule has 0 fully saturated rings. The maximum absolute atomic E-state index is 11.9. The summed E-state index contributed by atoms with van der Waals surface area (Å²) in [5.41, 5.74) is 9.70. The fraction of sp³-hybridized carbons (Fsp3) is 0.211. The van der Waals surface area contributed by atoms with Gasteiger partial charge in [0, 0.05) is 6.54 Å². The maximum Gasteiger partial charge on any atom is 0.257 e. The number of nitrogens with two attached hydrogens (primary N) is 1. The molecule has 27 heavy (non-hydrogen) atoms. The lowest BCUT2D eigenvalue weighted by Gasteiger charge is -2.11. The average Bonchev–Trinajstić information content (AvgIpc) is 2.67. The Morgan fingerprint density at radius 1 is 1.22 bits per heavy atom. The Balaban J connectivity index is 1.82. The number of hydrogen-bond acceptors (Lipinski definition) is 5.